The van der Waals surface area contributed by atoms with Crippen molar-refractivity contribution in [1.29, 1.82) is 0 Å². The van der Waals surface area contributed by atoms with Gasteiger partial charge in [-0.15, -0.1) is 0 Å². The van der Waals surface area contributed by atoms with Crippen molar-refractivity contribution in [3.63, 3.8) is 0 Å². The molecule has 0 aromatic heterocycles. The van der Waals surface area contributed by atoms with Crippen LogP contribution in [-0.2, 0) is 11.3 Å². The number of para-hydroxylation sites is 1. The summed E-state index contributed by atoms with van der Waals surface area (Å²) in [6.07, 6.45) is 0. The molecular formula is C14H24N4O3. The van der Waals surface area contributed by atoms with Crippen LogP contribution in [0, 0.1) is 16.0 Å². The molecule has 0 amide bonds. The van der Waals surface area contributed by atoms with Crippen LogP contribution in [0.1, 0.15) is 19.4 Å². The minimum Gasteiger partial charge on any atom is -0.383 e. The van der Waals surface area contributed by atoms with E-state index >= 15 is 0 Å². The van der Waals surface area contributed by atoms with Crippen molar-refractivity contribution in [3.05, 3.63) is 33.9 Å². The Balaban J connectivity index is 2.96. The van der Waals surface area contributed by atoms with Gasteiger partial charge in [0.25, 0.3) is 5.69 Å². The first-order valence-electron chi connectivity index (χ1n) is 6.93. The molecule has 0 aliphatic heterocycles. The predicted octanol–water partition coefficient (Wildman–Crippen LogP) is 1.98. The van der Waals surface area contributed by atoms with E-state index in [0.717, 1.165) is 18.7 Å². The third-order valence-electron chi connectivity index (χ3n) is 3.10. The van der Waals surface area contributed by atoms with Crippen LogP contribution >= 0.6 is 0 Å². The first-order valence-corrected chi connectivity index (χ1v) is 6.93. The van der Waals surface area contributed by atoms with Gasteiger partial charge in [-0.25, -0.2) is 0 Å². The number of ether oxygens (including phenoxy) is 1. The molecule has 118 valence electrons. The third kappa shape index (κ3) is 5.30. The third-order valence-corrected chi connectivity index (χ3v) is 3.10. The van der Waals surface area contributed by atoms with Crippen molar-refractivity contribution >= 4 is 11.4 Å². The Morgan fingerprint density at radius 1 is 1.48 bits per heavy atom. The number of benzene rings is 1. The van der Waals surface area contributed by atoms with Crippen LogP contribution in [0.2, 0.25) is 0 Å². The van der Waals surface area contributed by atoms with Gasteiger partial charge in [-0.05, 0) is 11.5 Å². The Kier molecular flexibility index (Phi) is 7.07. The number of nitrogens with zero attached hydrogens (tertiary/aromatic N) is 2. The molecule has 0 radical (unpaired) electrons. The molecule has 0 heterocycles. The second-order valence-electron chi connectivity index (χ2n) is 5.33. The molecule has 0 aliphatic carbocycles. The summed E-state index contributed by atoms with van der Waals surface area (Å²) < 4.78 is 5.12. The Labute approximate surface area is 125 Å². The topological polar surface area (TPSA) is 93.7 Å². The summed E-state index contributed by atoms with van der Waals surface area (Å²) in [4.78, 5) is 12.8. The second-order valence-corrected chi connectivity index (χ2v) is 5.33. The molecule has 7 nitrogen and oxygen atoms in total. The number of nitrogen functional groups attached to an aromatic ring is 1. The number of methoxy groups -OCH3 is 1. The Hall–Kier alpha value is -1.70. The minimum absolute atomic E-state index is 0.00811. The van der Waals surface area contributed by atoms with E-state index in [0.29, 0.717) is 24.8 Å². The number of hydrogen-bond acceptors (Lipinski definition) is 6. The average Bonchev–Trinajstić information content (AvgIpc) is 2.43. The maximum absolute atomic E-state index is 11.0. The van der Waals surface area contributed by atoms with Gasteiger partial charge < -0.3 is 10.2 Å². The molecule has 0 spiro atoms. The molecule has 0 fully saturated rings. The molecule has 3 N–H and O–H groups in total. The molecule has 0 unspecified atom stereocenters. The molecule has 1 aromatic rings. The van der Waals surface area contributed by atoms with Crippen molar-refractivity contribution in [2.45, 2.75) is 20.4 Å². The van der Waals surface area contributed by atoms with Crippen LogP contribution < -0.4 is 11.3 Å². The Bertz CT molecular complexity index is 466. The van der Waals surface area contributed by atoms with Gasteiger partial charge in [-0.2, -0.15) is 0 Å². The normalized spacial score (nSPS) is 11.1. The van der Waals surface area contributed by atoms with Crippen LogP contribution in [-0.4, -0.2) is 36.6 Å². The number of nitrogens with one attached hydrogen (secondary N) is 1. The SMILES string of the molecule is COCCN(Cc1cccc([N+](=O)[O-])c1NN)CC(C)C. The lowest BCUT2D eigenvalue weighted by molar-refractivity contribution is -0.384. The molecule has 0 aliphatic rings. The van der Waals surface area contributed by atoms with Crippen molar-refractivity contribution in [2.24, 2.45) is 11.8 Å². The molecule has 1 rings (SSSR count). The van der Waals surface area contributed by atoms with Crippen LogP contribution in [0.15, 0.2) is 18.2 Å². The van der Waals surface area contributed by atoms with E-state index in [2.05, 4.69) is 24.2 Å². The van der Waals surface area contributed by atoms with E-state index in [-0.39, 0.29) is 5.69 Å². The lowest BCUT2D eigenvalue weighted by atomic mass is 10.1. The van der Waals surface area contributed by atoms with Crippen molar-refractivity contribution in [2.75, 3.05) is 32.2 Å². The van der Waals surface area contributed by atoms with E-state index in [4.69, 9.17) is 10.6 Å². The average molecular weight is 296 g/mol. The minimum atomic E-state index is -0.430. The number of nitro groups is 1. The predicted molar refractivity (Wildman–Crippen MR) is 82.9 cm³/mol. The van der Waals surface area contributed by atoms with E-state index < -0.39 is 4.92 Å². The maximum atomic E-state index is 11.0. The Morgan fingerprint density at radius 3 is 2.71 bits per heavy atom. The van der Waals surface area contributed by atoms with Gasteiger partial charge in [-0.3, -0.25) is 20.9 Å². The van der Waals surface area contributed by atoms with E-state index in [1.54, 1.807) is 13.2 Å². The summed E-state index contributed by atoms with van der Waals surface area (Å²) in [5, 5.41) is 11.0. The fourth-order valence-electron chi connectivity index (χ4n) is 2.25. The molecule has 1 aromatic carbocycles. The highest BCUT2D eigenvalue weighted by Crippen LogP contribution is 2.28. The Morgan fingerprint density at radius 2 is 2.19 bits per heavy atom. The second kappa shape index (κ2) is 8.56. The number of hydrogen-bond donors (Lipinski definition) is 2. The largest absolute Gasteiger partial charge is 0.383 e. The number of anilines is 1. The first-order chi connectivity index (χ1) is 9.99. The van der Waals surface area contributed by atoms with Crippen molar-refractivity contribution < 1.29 is 9.66 Å². The highest BCUT2D eigenvalue weighted by atomic mass is 16.6. The zero-order chi connectivity index (χ0) is 15.8. The van der Waals surface area contributed by atoms with Crippen LogP contribution in [0.5, 0.6) is 0 Å². The summed E-state index contributed by atoms with van der Waals surface area (Å²) >= 11 is 0. The van der Waals surface area contributed by atoms with Crippen LogP contribution in [0.25, 0.3) is 0 Å². The molecule has 0 saturated heterocycles. The highest BCUT2D eigenvalue weighted by molar-refractivity contribution is 5.65. The molecular weight excluding hydrogens is 272 g/mol. The summed E-state index contributed by atoms with van der Waals surface area (Å²) in [6.45, 7) is 7.12. The van der Waals surface area contributed by atoms with E-state index in [9.17, 15) is 10.1 Å². The van der Waals surface area contributed by atoms with E-state index in [1.807, 2.05) is 6.07 Å². The first kappa shape index (κ1) is 17.4. The van der Waals surface area contributed by atoms with Gasteiger partial charge in [0.15, 0.2) is 0 Å². The monoisotopic (exact) mass is 296 g/mol. The molecule has 21 heavy (non-hydrogen) atoms. The highest BCUT2D eigenvalue weighted by Gasteiger charge is 2.18. The molecule has 0 bridgehead atoms. The van der Waals surface area contributed by atoms with Crippen LogP contribution in [0.4, 0.5) is 11.4 Å². The van der Waals surface area contributed by atoms with Gasteiger partial charge in [0, 0.05) is 32.8 Å². The van der Waals surface area contributed by atoms with Gasteiger partial charge in [0.1, 0.15) is 5.69 Å². The van der Waals surface area contributed by atoms with Crippen molar-refractivity contribution in [1.82, 2.24) is 4.90 Å². The van der Waals surface area contributed by atoms with Crippen LogP contribution in [0.3, 0.4) is 0 Å². The summed E-state index contributed by atoms with van der Waals surface area (Å²) in [5.74, 6) is 5.96. The van der Waals surface area contributed by atoms with Gasteiger partial charge in [0.05, 0.1) is 11.5 Å². The maximum Gasteiger partial charge on any atom is 0.293 e. The number of hydrazine groups is 1. The molecule has 7 heteroatoms. The lowest BCUT2D eigenvalue weighted by Gasteiger charge is -2.24. The van der Waals surface area contributed by atoms with Gasteiger partial charge >= 0.3 is 0 Å². The van der Waals surface area contributed by atoms with E-state index in [1.165, 1.54) is 6.07 Å². The number of nitro benzene ring substituents is 1. The lowest BCUT2D eigenvalue weighted by Crippen LogP contribution is -2.31. The summed E-state index contributed by atoms with van der Waals surface area (Å²) in [5.41, 5.74) is 3.63. The van der Waals surface area contributed by atoms with Gasteiger partial charge in [-0.1, -0.05) is 26.0 Å². The smallest absolute Gasteiger partial charge is 0.293 e. The zero-order valence-electron chi connectivity index (χ0n) is 12.8. The standard InChI is InChI=1S/C14H24N4O3/c1-11(2)9-17(7-8-21-3)10-12-5-4-6-13(18(19)20)14(12)16-15/h4-6,11,16H,7-10,15H2,1-3H3. The molecule has 0 saturated carbocycles. The summed E-state index contributed by atoms with van der Waals surface area (Å²) in [7, 11) is 1.66. The van der Waals surface area contributed by atoms with Crippen molar-refractivity contribution in [3.8, 4) is 0 Å². The quantitative estimate of drug-likeness (QED) is 0.411. The van der Waals surface area contributed by atoms with Gasteiger partial charge in [0.2, 0.25) is 0 Å². The number of rotatable bonds is 9. The number of nitrogens with two attached hydrogens (primary N) is 1. The zero-order valence-corrected chi connectivity index (χ0v) is 12.8. The fraction of sp³-hybridized carbons (Fsp3) is 0.571. The summed E-state index contributed by atoms with van der Waals surface area (Å²) in [6, 6.07) is 4.97. The molecule has 0 atom stereocenters. The fourth-order valence-corrected chi connectivity index (χ4v) is 2.25.